The van der Waals surface area contributed by atoms with E-state index >= 15 is 0 Å². The number of alkyl halides is 2. The van der Waals surface area contributed by atoms with Crippen molar-refractivity contribution in [2.45, 2.75) is 13.2 Å². The van der Waals surface area contributed by atoms with Gasteiger partial charge in [0.05, 0.1) is 7.11 Å². The summed E-state index contributed by atoms with van der Waals surface area (Å²) < 4.78 is 34.1. The van der Waals surface area contributed by atoms with E-state index in [1.54, 1.807) is 36.4 Å². The number of rotatable bonds is 6. The highest BCUT2D eigenvalue weighted by Gasteiger charge is 2.11. The van der Waals surface area contributed by atoms with Gasteiger partial charge >= 0.3 is 6.61 Å². The van der Waals surface area contributed by atoms with Gasteiger partial charge < -0.3 is 19.9 Å². The van der Waals surface area contributed by atoms with Crippen molar-refractivity contribution in [2.75, 3.05) is 12.4 Å². The second-order valence-electron chi connectivity index (χ2n) is 4.26. The molecule has 0 saturated carbocycles. The molecule has 2 aromatic rings. The van der Waals surface area contributed by atoms with Crippen LogP contribution in [0.4, 0.5) is 14.5 Å². The summed E-state index contributed by atoms with van der Waals surface area (Å²) in [6, 6.07) is 11.4. The van der Waals surface area contributed by atoms with Crippen LogP contribution in [0.3, 0.4) is 0 Å². The van der Waals surface area contributed by atoms with E-state index in [0.29, 0.717) is 6.54 Å². The molecular formula is C15H15F2NO3. The Hall–Kier alpha value is -2.50. The topological polar surface area (TPSA) is 50.7 Å². The Morgan fingerprint density at radius 3 is 2.43 bits per heavy atom. The predicted molar refractivity (Wildman–Crippen MR) is 75.1 cm³/mol. The van der Waals surface area contributed by atoms with E-state index in [4.69, 9.17) is 4.74 Å². The lowest BCUT2D eigenvalue weighted by Gasteiger charge is -2.12. The fourth-order valence-corrected chi connectivity index (χ4v) is 1.80. The van der Waals surface area contributed by atoms with Crippen molar-refractivity contribution in [1.29, 1.82) is 0 Å². The Morgan fingerprint density at radius 2 is 1.81 bits per heavy atom. The second kappa shape index (κ2) is 6.78. The number of nitrogens with one attached hydrogen (secondary N) is 1. The summed E-state index contributed by atoms with van der Waals surface area (Å²) in [7, 11) is 1.39. The van der Waals surface area contributed by atoms with Crippen molar-refractivity contribution in [3.05, 3.63) is 48.0 Å². The van der Waals surface area contributed by atoms with Gasteiger partial charge in [0.15, 0.2) is 11.5 Å². The van der Waals surface area contributed by atoms with E-state index in [1.807, 2.05) is 0 Å². The summed E-state index contributed by atoms with van der Waals surface area (Å²) >= 11 is 0. The zero-order valence-corrected chi connectivity index (χ0v) is 11.3. The first-order valence-electron chi connectivity index (χ1n) is 6.23. The van der Waals surface area contributed by atoms with Gasteiger partial charge in [-0.1, -0.05) is 6.07 Å². The van der Waals surface area contributed by atoms with E-state index in [-0.39, 0.29) is 17.2 Å². The number of phenols is 1. The SMILES string of the molecule is COc1ccc(CNc2ccc(O)cc2)cc1OC(F)F. The molecule has 2 rings (SSSR count). The highest BCUT2D eigenvalue weighted by molar-refractivity contribution is 5.48. The molecule has 0 bridgehead atoms. The largest absolute Gasteiger partial charge is 0.508 e. The lowest BCUT2D eigenvalue weighted by atomic mass is 10.2. The highest BCUT2D eigenvalue weighted by atomic mass is 19.3. The first-order valence-corrected chi connectivity index (χ1v) is 6.23. The number of methoxy groups -OCH3 is 1. The van der Waals surface area contributed by atoms with Crippen molar-refractivity contribution in [3.8, 4) is 17.2 Å². The van der Waals surface area contributed by atoms with Gasteiger partial charge in [0.25, 0.3) is 0 Å². The van der Waals surface area contributed by atoms with Crippen LogP contribution < -0.4 is 14.8 Å². The van der Waals surface area contributed by atoms with E-state index in [9.17, 15) is 13.9 Å². The van der Waals surface area contributed by atoms with Crippen LogP contribution in [0.2, 0.25) is 0 Å². The molecule has 0 unspecified atom stereocenters. The first kappa shape index (κ1) is 14.9. The summed E-state index contributed by atoms with van der Waals surface area (Å²) in [6.07, 6.45) is 0. The molecule has 6 heteroatoms. The van der Waals surface area contributed by atoms with E-state index < -0.39 is 6.61 Å². The first-order chi connectivity index (χ1) is 10.1. The highest BCUT2D eigenvalue weighted by Crippen LogP contribution is 2.29. The molecule has 0 amide bonds. The minimum absolute atomic E-state index is 0.00231. The van der Waals surface area contributed by atoms with Crippen molar-refractivity contribution in [2.24, 2.45) is 0 Å². The van der Waals surface area contributed by atoms with Gasteiger partial charge in [-0.25, -0.2) is 0 Å². The lowest BCUT2D eigenvalue weighted by Crippen LogP contribution is -2.05. The molecule has 2 N–H and O–H groups in total. The number of anilines is 1. The Morgan fingerprint density at radius 1 is 1.10 bits per heavy atom. The van der Waals surface area contributed by atoms with Gasteiger partial charge in [-0.3, -0.25) is 0 Å². The third kappa shape index (κ3) is 4.24. The summed E-state index contributed by atoms with van der Waals surface area (Å²) in [5, 5.41) is 12.3. The Kier molecular flexibility index (Phi) is 4.81. The molecule has 0 heterocycles. The Labute approximate surface area is 120 Å². The lowest BCUT2D eigenvalue weighted by molar-refractivity contribution is -0.0512. The molecule has 0 aliphatic heterocycles. The van der Waals surface area contributed by atoms with Crippen molar-refractivity contribution in [1.82, 2.24) is 0 Å². The summed E-state index contributed by atoms with van der Waals surface area (Å²) in [5.41, 5.74) is 1.57. The number of benzene rings is 2. The maximum atomic E-state index is 12.3. The molecule has 0 radical (unpaired) electrons. The normalized spacial score (nSPS) is 10.5. The van der Waals surface area contributed by atoms with E-state index in [2.05, 4.69) is 10.1 Å². The smallest absolute Gasteiger partial charge is 0.387 e. The number of hydrogen-bond acceptors (Lipinski definition) is 4. The van der Waals surface area contributed by atoms with E-state index in [1.165, 1.54) is 13.2 Å². The number of hydrogen-bond donors (Lipinski definition) is 2. The number of phenolic OH excluding ortho intramolecular Hbond substituents is 1. The van der Waals surface area contributed by atoms with Gasteiger partial charge in [-0.05, 0) is 42.0 Å². The van der Waals surface area contributed by atoms with Crippen LogP contribution in [0.1, 0.15) is 5.56 Å². The van der Waals surface area contributed by atoms with Crippen LogP contribution in [-0.4, -0.2) is 18.8 Å². The number of ether oxygens (including phenoxy) is 2. The molecule has 0 aromatic heterocycles. The van der Waals surface area contributed by atoms with Gasteiger partial charge in [-0.2, -0.15) is 8.78 Å². The monoisotopic (exact) mass is 295 g/mol. The molecule has 4 nitrogen and oxygen atoms in total. The zero-order valence-electron chi connectivity index (χ0n) is 11.3. The van der Waals surface area contributed by atoms with E-state index in [0.717, 1.165) is 11.3 Å². The fraction of sp³-hybridized carbons (Fsp3) is 0.200. The third-order valence-electron chi connectivity index (χ3n) is 2.81. The van der Waals surface area contributed by atoms with Crippen LogP contribution in [-0.2, 0) is 6.54 Å². The third-order valence-corrected chi connectivity index (χ3v) is 2.81. The molecule has 21 heavy (non-hydrogen) atoms. The molecule has 0 aliphatic rings. The van der Waals surface area contributed by atoms with Crippen LogP contribution in [0.5, 0.6) is 17.2 Å². The maximum Gasteiger partial charge on any atom is 0.387 e. The average Bonchev–Trinajstić information content (AvgIpc) is 2.46. The summed E-state index contributed by atoms with van der Waals surface area (Å²) in [6.45, 7) is -2.48. The minimum atomic E-state index is -2.90. The quantitative estimate of drug-likeness (QED) is 0.799. The van der Waals surface area contributed by atoms with Gasteiger partial charge in [-0.15, -0.1) is 0 Å². The van der Waals surface area contributed by atoms with Crippen LogP contribution in [0.15, 0.2) is 42.5 Å². The molecule has 0 spiro atoms. The van der Waals surface area contributed by atoms with Crippen molar-refractivity contribution < 1.29 is 23.4 Å². The Balaban J connectivity index is 2.07. The molecular weight excluding hydrogens is 280 g/mol. The molecule has 0 atom stereocenters. The molecule has 112 valence electrons. The van der Waals surface area contributed by atoms with Gasteiger partial charge in [0.1, 0.15) is 5.75 Å². The number of halogens is 2. The van der Waals surface area contributed by atoms with Crippen molar-refractivity contribution >= 4 is 5.69 Å². The summed E-state index contributed by atoms with van der Waals surface area (Å²) in [4.78, 5) is 0. The number of aromatic hydroxyl groups is 1. The Bertz CT molecular complexity index is 588. The molecule has 0 aliphatic carbocycles. The van der Waals surface area contributed by atoms with Crippen LogP contribution in [0, 0.1) is 0 Å². The molecule has 2 aromatic carbocycles. The predicted octanol–water partition coefficient (Wildman–Crippen LogP) is 3.61. The minimum Gasteiger partial charge on any atom is -0.508 e. The van der Waals surface area contributed by atoms with Gasteiger partial charge in [0.2, 0.25) is 0 Å². The zero-order chi connectivity index (χ0) is 15.2. The van der Waals surface area contributed by atoms with Crippen LogP contribution in [0.25, 0.3) is 0 Å². The second-order valence-corrected chi connectivity index (χ2v) is 4.26. The summed E-state index contributed by atoms with van der Waals surface area (Å²) in [5.74, 6) is 0.429. The average molecular weight is 295 g/mol. The molecule has 0 saturated heterocycles. The van der Waals surface area contributed by atoms with Crippen molar-refractivity contribution in [3.63, 3.8) is 0 Å². The van der Waals surface area contributed by atoms with Crippen LogP contribution >= 0.6 is 0 Å². The standard InChI is InChI=1S/C15H15F2NO3/c1-20-13-7-2-10(8-14(13)21-15(16)17)9-18-11-3-5-12(19)6-4-11/h2-8,15,18-19H,9H2,1H3. The van der Waals surface area contributed by atoms with Gasteiger partial charge in [0, 0.05) is 12.2 Å². The maximum absolute atomic E-state index is 12.3. The fourth-order valence-electron chi connectivity index (χ4n) is 1.80. The molecule has 0 fully saturated rings.